The first-order valence-corrected chi connectivity index (χ1v) is 10.3. The molecule has 0 aromatic heterocycles. The molecular formula is C24H19F6N3O2. The molecule has 0 bridgehead atoms. The topological polar surface area (TPSA) is 64.6 Å². The first-order chi connectivity index (χ1) is 16.3. The van der Waals surface area contributed by atoms with Gasteiger partial charge in [0.15, 0.2) is 0 Å². The monoisotopic (exact) mass is 495 g/mol. The van der Waals surface area contributed by atoms with Crippen LogP contribution in [0.2, 0.25) is 0 Å². The number of nitrogens with zero attached hydrogens (tertiary/aromatic N) is 1. The van der Waals surface area contributed by atoms with Crippen LogP contribution in [0.15, 0.2) is 48.5 Å². The molecule has 0 spiro atoms. The highest BCUT2D eigenvalue weighted by molar-refractivity contribution is 6.02. The second-order valence-corrected chi connectivity index (χ2v) is 8.69. The number of anilines is 4. The number of rotatable bonds is 3. The molecule has 11 heteroatoms. The van der Waals surface area contributed by atoms with Crippen molar-refractivity contribution in [3.8, 4) is 5.75 Å². The molecule has 0 aliphatic carbocycles. The van der Waals surface area contributed by atoms with Crippen LogP contribution in [0.25, 0.3) is 0 Å². The Morgan fingerprint density at radius 1 is 0.943 bits per heavy atom. The fraction of sp³-hybridized carbons (Fsp3) is 0.208. The summed E-state index contributed by atoms with van der Waals surface area (Å²) >= 11 is 0. The maximum Gasteiger partial charge on any atom is 0.416 e. The minimum absolute atomic E-state index is 0.0214. The van der Waals surface area contributed by atoms with Crippen LogP contribution in [-0.2, 0) is 11.6 Å². The van der Waals surface area contributed by atoms with Gasteiger partial charge in [-0.3, -0.25) is 0 Å². The minimum atomic E-state index is -4.70. The zero-order valence-corrected chi connectivity index (χ0v) is 18.4. The Morgan fingerprint density at radius 2 is 1.54 bits per heavy atom. The molecule has 0 radical (unpaired) electrons. The second kappa shape index (κ2) is 8.40. The number of aromatic hydroxyl groups is 1. The summed E-state index contributed by atoms with van der Waals surface area (Å²) in [5, 5.41) is 15.1. The van der Waals surface area contributed by atoms with Gasteiger partial charge in [0.2, 0.25) is 0 Å². The zero-order chi connectivity index (χ0) is 25.7. The summed E-state index contributed by atoms with van der Waals surface area (Å²) in [6, 6.07) is 6.45. The Morgan fingerprint density at radius 3 is 2.17 bits per heavy atom. The van der Waals surface area contributed by atoms with Gasteiger partial charge < -0.3 is 20.6 Å². The number of nitrogens with one attached hydrogen (secondary N) is 2. The van der Waals surface area contributed by atoms with E-state index in [1.807, 2.05) is 0 Å². The fourth-order valence-electron chi connectivity index (χ4n) is 4.23. The number of alkyl halides is 3. The van der Waals surface area contributed by atoms with Crippen LogP contribution in [0.1, 0.15) is 25.0 Å². The Labute approximate surface area is 196 Å². The molecule has 2 amide bonds. The smallest absolute Gasteiger partial charge is 0.416 e. The average Bonchev–Trinajstić information content (AvgIpc) is 3.03. The summed E-state index contributed by atoms with van der Waals surface area (Å²) in [6.45, 7) is 3.03. The third-order valence-electron chi connectivity index (χ3n) is 5.64. The molecule has 0 fully saturated rings. The lowest BCUT2D eigenvalue weighted by molar-refractivity contribution is -0.138. The number of phenols is 1. The van der Waals surface area contributed by atoms with Gasteiger partial charge in [0, 0.05) is 18.0 Å². The molecule has 0 saturated carbocycles. The number of urea groups is 1. The van der Waals surface area contributed by atoms with Crippen LogP contribution in [0.4, 0.5) is 53.9 Å². The molecule has 1 heterocycles. The number of halogens is 6. The zero-order valence-electron chi connectivity index (χ0n) is 18.4. The van der Waals surface area contributed by atoms with Crippen molar-refractivity contribution in [2.45, 2.75) is 25.4 Å². The molecule has 35 heavy (non-hydrogen) atoms. The summed E-state index contributed by atoms with van der Waals surface area (Å²) in [5.74, 6) is -3.07. The van der Waals surface area contributed by atoms with E-state index >= 15 is 0 Å². The van der Waals surface area contributed by atoms with E-state index in [4.69, 9.17) is 0 Å². The van der Waals surface area contributed by atoms with Crippen LogP contribution in [0.3, 0.4) is 0 Å². The molecular weight excluding hydrogens is 476 g/mol. The number of hydrogen-bond acceptors (Lipinski definition) is 3. The molecule has 184 valence electrons. The van der Waals surface area contributed by atoms with Gasteiger partial charge in [-0.1, -0.05) is 13.8 Å². The number of carbonyl (C=O) groups is 1. The van der Waals surface area contributed by atoms with Crippen LogP contribution in [-0.4, -0.2) is 17.7 Å². The van der Waals surface area contributed by atoms with Gasteiger partial charge >= 0.3 is 12.2 Å². The molecule has 3 aromatic rings. The van der Waals surface area contributed by atoms with Crippen LogP contribution in [0.5, 0.6) is 5.75 Å². The summed E-state index contributed by atoms with van der Waals surface area (Å²) in [6.07, 6.45) is -4.70. The van der Waals surface area contributed by atoms with Gasteiger partial charge in [0.25, 0.3) is 0 Å². The summed E-state index contributed by atoms with van der Waals surface area (Å²) in [4.78, 5) is 13.8. The largest absolute Gasteiger partial charge is 0.506 e. The Bertz CT molecular complexity index is 1320. The molecule has 0 atom stereocenters. The van der Waals surface area contributed by atoms with Crippen molar-refractivity contribution in [3.63, 3.8) is 0 Å². The number of hydrogen-bond donors (Lipinski definition) is 3. The molecule has 0 unspecified atom stereocenters. The third-order valence-corrected chi connectivity index (χ3v) is 5.64. The average molecular weight is 495 g/mol. The van der Waals surface area contributed by atoms with Crippen molar-refractivity contribution < 1.29 is 36.2 Å². The third kappa shape index (κ3) is 4.58. The molecule has 3 N–H and O–H groups in total. The van der Waals surface area contributed by atoms with E-state index in [1.165, 1.54) is 11.0 Å². The lowest BCUT2D eigenvalue weighted by Crippen LogP contribution is -2.27. The summed E-state index contributed by atoms with van der Waals surface area (Å²) in [5.41, 5.74) is -2.75. The molecule has 1 aliphatic rings. The first-order valence-electron chi connectivity index (χ1n) is 10.3. The Balaban J connectivity index is 1.75. The highest BCUT2D eigenvalue weighted by atomic mass is 19.4. The van der Waals surface area contributed by atoms with Crippen LogP contribution < -0.4 is 15.5 Å². The van der Waals surface area contributed by atoms with Crippen molar-refractivity contribution in [1.29, 1.82) is 0 Å². The van der Waals surface area contributed by atoms with E-state index in [2.05, 4.69) is 10.6 Å². The number of benzene rings is 3. The molecule has 1 aliphatic heterocycles. The van der Waals surface area contributed by atoms with Crippen molar-refractivity contribution >= 4 is 28.8 Å². The van der Waals surface area contributed by atoms with Gasteiger partial charge in [-0.25, -0.2) is 18.0 Å². The normalized spacial score (nSPS) is 14.6. The predicted octanol–water partition coefficient (Wildman–Crippen LogP) is 6.90. The Hall–Kier alpha value is -3.89. The van der Waals surface area contributed by atoms with Gasteiger partial charge in [0.1, 0.15) is 23.2 Å². The van der Waals surface area contributed by atoms with Gasteiger partial charge in [0.05, 0.1) is 28.3 Å². The molecule has 4 rings (SSSR count). The number of phenolic OH excluding ortho intramolecular Hbond substituents is 1. The SMILES string of the molecule is CC1(C)CN(c2cc(F)ccc2NC(=O)Nc2ccc(F)cc2F)c2c(O)ccc(C(F)(F)F)c21. The highest BCUT2D eigenvalue weighted by Crippen LogP contribution is 2.54. The number of fused-ring (bicyclic) bond motifs is 1. The maximum absolute atomic E-state index is 14.2. The van der Waals surface area contributed by atoms with Gasteiger partial charge in [-0.05, 0) is 48.0 Å². The predicted molar refractivity (Wildman–Crippen MR) is 119 cm³/mol. The number of amides is 2. The quantitative estimate of drug-likeness (QED) is 0.346. The van der Waals surface area contributed by atoms with Crippen LogP contribution in [0, 0.1) is 17.5 Å². The molecule has 3 aromatic carbocycles. The summed E-state index contributed by atoms with van der Waals surface area (Å²) < 4.78 is 82.5. The highest BCUT2D eigenvalue weighted by Gasteiger charge is 2.46. The second-order valence-electron chi connectivity index (χ2n) is 8.69. The van der Waals surface area contributed by atoms with Crippen molar-refractivity contribution in [2.24, 2.45) is 0 Å². The van der Waals surface area contributed by atoms with E-state index in [9.17, 15) is 36.2 Å². The van der Waals surface area contributed by atoms with Crippen molar-refractivity contribution in [3.05, 3.63) is 77.1 Å². The van der Waals surface area contributed by atoms with E-state index in [0.29, 0.717) is 6.07 Å². The van der Waals surface area contributed by atoms with Gasteiger partial charge in [-0.15, -0.1) is 0 Å². The van der Waals surface area contributed by atoms with Crippen molar-refractivity contribution in [1.82, 2.24) is 0 Å². The fourth-order valence-corrected chi connectivity index (χ4v) is 4.23. The summed E-state index contributed by atoms with van der Waals surface area (Å²) in [7, 11) is 0. The van der Waals surface area contributed by atoms with Crippen molar-refractivity contribution in [2.75, 3.05) is 22.1 Å². The standard InChI is InChI=1S/C24H19F6N3O2/c1-23(2)11-33(21-19(34)8-5-14(20(21)23)24(28,29)30)18-10-13(26)4-7-17(18)32-22(35)31-16-6-3-12(25)9-15(16)27/h3-10,34H,11H2,1-2H3,(H2,31,32,35). The van der Waals surface area contributed by atoms with E-state index < -0.39 is 46.4 Å². The van der Waals surface area contributed by atoms with E-state index in [0.717, 1.165) is 36.4 Å². The molecule has 0 saturated heterocycles. The van der Waals surface area contributed by atoms with E-state index in [-0.39, 0.29) is 34.9 Å². The first kappa shape index (κ1) is 24.2. The number of carbonyl (C=O) groups excluding carboxylic acids is 1. The Kier molecular flexibility index (Phi) is 5.82. The minimum Gasteiger partial charge on any atom is -0.506 e. The van der Waals surface area contributed by atoms with Gasteiger partial charge in [-0.2, -0.15) is 13.2 Å². The molecule has 5 nitrogen and oxygen atoms in total. The van der Waals surface area contributed by atoms with Crippen LogP contribution >= 0.6 is 0 Å². The van der Waals surface area contributed by atoms with E-state index in [1.54, 1.807) is 13.8 Å². The lowest BCUT2D eigenvalue weighted by atomic mass is 9.83. The maximum atomic E-state index is 14.2. The lowest BCUT2D eigenvalue weighted by Gasteiger charge is -2.25.